The predicted molar refractivity (Wildman–Crippen MR) is 83.0 cm³/mol. The molecule has 3 unspecified atom stereocenters. The van der Waals surface area contributed by atoms with Gasteiger partial charge in [-0.2, -0.15) is 0 Å². The first-order valence-corrected chi connectivity index (χ1v) is 8.76. The van der Waals surface area contributed by atoms with Gasteiger partial charge in [-0.3, -0.25) is 4.90 Å². The summed E-state index contributed by atoms with van der Waals surface area (Å²) in [7, 11) is 1.66. The third-order valence-electron chi connectivity index (χ3n) is 6.90. The molecule has 1 aliphatic carbocycles. The minimum Gasteiger partial charge on any atom is -0.454 e. The van der Waals surface area contributed by atoms with E-state index < -0.39 is 11.9 Å². The van der Waals surface area contributed by atoms with Gasteiger partial charge in [0.2, 0.25) is 6.79 Å². The molecule has 5 aliphatic heterocycles. The maximum absolute atomic E-state index is 11.2. The van der Waals surface area contributed by atoms with E-state index in [9.17, 15) is 5.11 Å². The molecular formula is C18H21NO5. The number of aliphatic hydroxyl groups excluding tert-OH is 1. The van der Waals surface area contributed by atoms with Crippen molar-refractivity contribution in [2.75, 3.05) is 27.0 Å². The maximum atomic E-state index is 11.2. The highest BCUT2D eigenvalue weighted by atomic mass is 16.7. The van der Waals surface area contributed by atoms with Crippen LogP contribution in [0.2, 0.25) is 0 Å². The van der Waals surface area contributed by atoms with Crippen molar-refractivity contribution in [1.29, 1.82) is 0 Å². The van der Waals surface area contributed by atoms with Crippen molar-refractivity contribution in [2.45, 2.75) is 48.7 Å². The van der Waals surface area contributed by atoms with Crippen LogP contribution in [-0.4, -0.2) is 54.4 Å². The summed E-state index contributed by atoms with van der Waals surface area (Å²) >= 11 is 0. The van der Waals surface area contributed by atoms with Crippen LogP contribution >= 0.6 is 0 Å². The molecule has 5 heterocycles. The van der Waals surface area contributed by atoms with Crippen LogP contribution in [0.15, 0.2) is 12.1 Å². The van der Waals surface area contributed by atoms with E-state index >= 15 is 0 Å². The number of ether oxygens (including phenoxy) is 4. The van der Waals surface area contributed by atoms with Crippen LogP contribution in [0.1, 0.15) is 42.4 Å². The Bertz CT molecular complexity index is 738. The fourth-order valence-electron chi connectivity index (χ4n) is 5.94. The first-order valence-electron chi connectivity index (χ1n) is 8.76. The van der Waals surface area contributed by atoms with Gasteiger partial charge in [0.25, 0.3) is 0 Å². The van der Waals surface area contributed by atoms with E-state index in [2.05, 4.69) is 17.0 Å². The third-order valence-corrected chi connectivity index (χ3v) is 6.90. The molecule has 3 fully saturated rings. The topological polar surface area (TPSA) is 60.4 Å². The molecular weight excluding hydrogens is 310 g/mol. The highest BCUT2D eigenvalue weighted by Gasteiger charge is 2.70. The summed E-state index contributed by atoms with van der Waals surface area (Å²) in [4.78, 5) is 2.53. The molecule has 5 atom stereocenters. The zero-order valence-electron chi connectivity index (χ0n) is 13.7. The molecule has 2 saturated heterocycles. The second-order valence-electron chi connectivity index (χ2n) is 7.71. The molecule has 7 rings (SSSR count). The summed E-state index contributed by atoms with van der Waals surface area (Å²) in [6, 6.07) is 4.12. The fourth-order valence-corrected chi connectivity index (χ4v) is 5.94. The summed E-state index contributed by atoms with van der Waals surface area (Å²) < 4.78 is 23.5. The number of benzene rings is 1. The molecule has 24 heavy (non-hydrogen) atoms. The van der Waals surface area contributed by atoms with Crippen molar-refractivity contribution in [2.24, 2.45) is 0 Å². The van der Waals surface area contributed by atoms with Crippen molar-refractivity contribution < 1.29 is 24.1 Å². The van der Waals surface area contributed by atoms with Crippen LogP contribution in [0, 0.1) is 0 Å². The van der Waals surface area contributed by atoms with Crippen LogP contribution in [-0.2, 0) is 9.47 Å². The second kappa shape index (κ2) is 4.25. The smallest absolute Gasteiger partial charge is 0.231 e. The van der Waals surface area contributed by atoms with Crippen LogP contribution in [0.4, 0.5) is 0 Å². The predicted octanol–water partition coefficient (Wildman–Crippen LogP) is 1.53. The van der Waals surface area contributed by atoms with E-state index in [1.54, 1.807) is 7.11 Å². The Kier molecular flexibility index (Phi) is 2.46. The van der Waals surface area contributed by atoms with Crippen molar-refractivity contribution in [1.82, 2.24) is 4.90 Å². The maximum Gasteiger partial charge on any atom is 0.231 e. The lowest BCUT2D eigenvalue weighted by atomic mass is 9.78. The Morgan fingerprint density at radius 1 is 1.25 bits per heavy atom. The van der Waals surface area contributed by atoms with E-state index in [1.807, 2.05) is 0 Å². The third kappa shape index (κ3) is 1.39. The minimum atomic E-state index is -0.917. The summed E-state index contributed by atoms with van der Waals surface area (Å²) in [5.41, 5.74) is 2.19. The van der Waals surface area contributed by atoms with Gasteiger partial charge in [0.15, 0.2) is 17.3 Å². The lowest BCUT2D eigenvalue weighted by Gasteiger charge is -2.39. The molecule has 6 heteroatoms. The van der Waals surface area contributed by atoms with E-state index in [4.69, 9.17) is 18.9 Å². The average molecular weight is 331 g/mol. The lowest BCUT2D eigenvalue weighted by Crippen LogP contribution is -2.47. The molecule has 128 valence electrons. The summed E-state index contributed by atoms with van der Waals surface area (Å²) in [5, 5.41) is 11.2. The average Bonchev–Trinajstić information content (AvgIpc) is 3.19. The van der Waals surface area contributed by atoms with Crippen molar-refractivity contribution in [3.8, 4) is 11.5 Å². The molecule has 1 spiro atoms. The number of aliphatic hydroxyl groups is 1. The normalized spacial score (nSPS) is 44.5. The van der Waals surface area contributed by atoms with Gasteiger partial charge in [-0.05, 0) is 42.6 Å². The molecule has 1 aromatic rings. The number of methoxy groups -OCH3 is 1. The Morgan fingerprint density at radius 2 is 2.04 bits per heavy atom. The van der Waals surface area contributed by atoms with Crippen LogP contribution < -0.4 is 9.47 Å². The highest BCUT2D eigenvalue weighted by Crippen LogP contribution is 2.64. The fraction of sp³-hybridized carbons (Fsp3) is 0.667. The van der Waals surface area contributed by atoms with Gasteiger partial charge in [-0.1, -0.05) is 0 Å². The molecule has 1 N–H and O–H groups in total. The second-order valence-corrected chi connectivity index (χ2v) is 7.71. The number of fused-ring (bicyclic) bond motifs is 1. The Morgan fingerprint density at radius 3 is 2.83 bits per heavy atom. The van der Waals surface area contributed by atoms with E-state index in [0.717, 1.165) is 55.0 Å². The highest BCUT2D eigenvalue weighted by molar-refractivity contribution is 5.54. The quantitative estimate of drug-likeness (QED) is 0.842. The molecule has 6 nitrogen and oxygen atoms in total. The van der Waals surface area contributed by atoms with Crippen molar-refractivity contribution in [3.05, 3.63) is 23.3 Å². The number of hydrogen-bond donors (Lipinski definition) is 1. The molecule has 0 radical (unpaired) electrons. The van der Waals surface area contributed by atoms with E-state index in [0.29, 0.717) is 0 Å². The minimum absolute atomic E-state index is 0.0167. The first-order chi connectivity index (χ1) is 11.7. The van der Waals surface area contributed by atoms with Gasteiger partial charge >= 0.3 is 0 Å². The molecule has 1 saturated carbocycles. The molecule has 0 amide bonds. The standard InChI is InChI=1S/C18H21NO5/c1-21-18-8-17-3-2-4-19(17)7-14(24-18)10-5-12-13(23-9-22-12)6-11(10)15(17)16(18)20/h5-6,14-16,20H,2-4,7-9H2,1H3/t14?,15-,16+,17?,18?/m1/s1. The summed E-state index contributed by atoms with van der Waals surface area (Å²) in [6.45, 7) is 2.17. The van der Waals surface area contributed by atoms with Gasteiger partial charge in [0, 0.05) is 31.5 Å². The van der Waals surface area contributed by atoms with E-state index in [1.165, 1.54) is 0 Å². The summed E-state index contributed by atoms with van der Waals surface area (Å²) in [5.74, 6) is 0.617. The zero-order chi connectivity index (χ0) is 16.1. The SMILES string of the molecule is COC12CC34CCCN3CC(O1)c1cc3c(cc1[C@@H]4[C@@H]2O)OCO3. The monoisotopic (exact) mass is 331 g/mol. The van der Waals surface area contributed by atoms with Gasteiger partial charge in [0.1, 0.15) is 6.10 Å². The number of rotatable bonds is 1. The first kappa shape index (κ1) is 13.9. The molecule has 4 bridgehead atoms. The molecule has 6 aliphatic rings. The number of hydrogen-bond acceptors (Lipinski definition) is 6. The van der Waals surface area contributed by atoms with Gasteiger partial charge in [-0.25, -0.2) is 0 Å². The van der Waals surface area contributed by atoms with Gasteiger partial charge < -0.3 is 24.1 Å². The number of nitrogens with zero attached hydrogens (tertiary/aromatic N) is 1. The van der Waals surface area contributed by atoms with Crippen LogP contribution in [0.5, 0.6) is 11.5 Å². The Balaban J connectivity index is 1.64. The van der Waals surface area contributed by atoms with Crippen molar-refractivity contribution >= 4 is 0 Å². The van der Waals surface area contributed by atoms with Gasteiger partial charge in [0.05, 0.1) is 6.10 Å². The van der Waals surface area contributed by atoms with Crippen molar-refractivity contribution in [3.63, 3.8) is 0 Å². The molecule has 1 aromatic carbocycles. The van der Waals surface area contributed by atoms with Crippen LogP contribution in [0.25, 0.3) is 0 Å². The van der Waals surface area contributed by atoms with Crippen LogP contribution in [0.3, 0.4) is 0 Å². The lowest BCUT2D eigenvalue weighted by molar-refractivity contribution is -0.277. The largest absolute Gasteiger partial charge is 0.454 e. The van der Waals surface area contributed by atoms with Gasteiger partial charge in [-0.15, -0.1) is 0 Å². The van der Waals surface area contributed by atoms with E-state index in [-0.39, 0.29) is 24.4 Å². The summed E-state index contributed by atoms with van der Waals surface area (Å²) in [6.07, 6.45) is 2.18. The zero-order valence-corrected chi connectivity index (χ0v) is 13.7. The molecule has 0 aromatic heterocycles. The Labute approximate surface area is 140 Å². The Hall–Kier alpha value is -1.34.